The molecule has 7 heteroatoms. The van der Waals surface area contributed by atoms with Gasteiger partial charge in [-0.2, -0.15) is 15.0 Å². The predicted molar refractivity (Wildman–Crippen MR) is 71.5 cm³/mol. The highest BCUT2D eigenvalue weighted by molar-refractivity contribution is 7.99. The van der Waals surface area contributed by atoms with Gasteiger partial charge in [-0.25, -0.2) is 0 Å². The van der Waals surface area contributed by atoms with E-state index in [1.54, 1.807) is 14.2 Å². The van der Waals surface area contributed by atoms with Crippen LogP contribution in [0.5, 0.6) is 5.75 Å². The predicted octanol–water partition coefficient (Wildman–Crippen LogP) is 2.73. The minimum atomic E-state index is 0.166. The molecule has 0 aliphatic heterocycles. The van der Waals surface area contributed by atoms with Crippen LogP contribution in [0, 0.1) is 0 Å². The standard InChI is InChI=1S/C11H11ClN4OS/c1-13-10-14-9(12)15-11(16-10)18-8-5-3-4-7(6-8)17-2/h3-6H,1-2H3,(H,13,14,15,16). The summed E-state index contributed by atoms with van der Waals surface area (Å²) < 4.78 is 5.16. The fourth-order valence-electron chi connectivity index (χ4n) is 1.26. The van der Waals surface area contributed by atoms with Crippen molar-refractivity contribution in [1.29, 1.82) is 0 Å². The third-order valence-corrected chi connectivity index (χ3v) is 3.09. The van der Waals surface area contributed by atoms with Crippen molar-refractivity contribution < 1.29 is 4.74 Å². The lowest BCUT2D eigenvalue weighted by Gasteiger charge is -2.04. The van der Waals surface area contributed by atoms with E-state index in [0.29, 0.717) is 11.1 Å². The minimum Gasteiger partial charge on any atom is -0.497 e. The first kappa shape index (κ1) is 12.9. The first-order valence-corrected chi connectivity index (χ1v) is 6.32. The Morgan fingerprint density at radius 1 is 1.28 bits per heavy atom. The normalized spacial score (nSPS) is 10.2. The van der Waals surface area contributed by atoms with Gasteiger partial charge in [0.2, 0.25) is 11.2 Å². The van der Waals surface area contributed by atoms with E-state index in [0.717, 1.165) is 10.6 Å². The van der Waals surface area contributed by atoms with E-state index in [1.807, 2.05) is 24.3 Å². The fraction of sp³-hybridized carbons (Fsp3) is 0.182. The summed E-state index contributed by atoms with van der Waals surface area (Å²) in [5, 5.41) is 3.53. The molecular weight excluding hydrogens is 272 g/mol. The molecule has 1 aromatic carbocycles. The monoisotopic (exact) mass is 282 g/mol. The van der Waals surface area contributed by atoms with Crippen LogP contribution in [-0.2, 0) is 0 Å². The quantitative estimate of drug-likeness (QED) is 0.930. The van der Waals surface area contributed by atoms with Gasteiger partial charge in [0.25, 0.3) is 0 Å². The molecule has 5 nitrogen and oxygen atoms in total. The summed E-state index contributed by atoms with van der Waals surface area (Å²) in [6, 6.07) is 7.64. The molecule has 18 heavy (non-hydrogen) atoms. The topological polar surface area (TPSA) is 59.9 Å². The average Bonchev–Trinajstić information content (AvgIpc) is 2.38. The van der Waals surface area contributed by atoms with Gasteiger partial charge in [0, 0.05) is 11.9 Å². The number of hydrogen-bond acceptors (Lipinski definition) is 6. The smallest absolute Gasteiger partial charge is 0.228 e. The van der Waals surface area contributed by atoms with Crippen LogP contribution in [0.2, 0.25) is 5.28 Å². The minimum absolute atomic E-state index is 0.166. The van der Waals surface area contributed by atoms with Gasteiger partial charge >= 0.3 is 0 Å². The summed E-state index contributed by atoms with van der Waals surface area (Å²) in [5.74, 6) is 1.23. The Labute approximate surface area is 114 Å². The number of rotatable bonds is 4. The van der Waals surface area contributed by atoms with Gasteiger partial charge in [-0.1, -0.05) is 6.07 Å². The van der Waals surface area contributed by atoms with Gasteiger partial charge in [-0.05, 0) is 41.6 Å². The van der Waals surface area contributed by atoms with Crippen LogP contribution in [0.25, 0.3) is 0 Å². The number of anilines is 1. The van der Waals surface area contributed by atoms with E-state index in [4.69, 9.17) is 16.3 Å². The lowest BCUT2D eigenvalue weighted by Crippen LogP contribution is -1.99. The van der Waals surface area contributed by atoms with E-state index in [-0.39, 0.29) is 5.28 Å². The lowest BCUT2D eigenvalue weighted by molar-refractivity contribution is 0.413. The van der Waals surface area contributed by atoms with Crippen molar-refractivity contribution in [3.05, 3.63) is 29.5 Å². The Balaban J connectivity index is 2.24. The molecule has 2 aromatic rings. The maximum Gasteiger partial charge on any atom is 0.228 e. The molecule has 0 amide bonds. The highest BCUT2D eigenvalue weighted by Crippen LogP contribution is 2.28. The molecule has 0 bridgehead atoms. The van der Waals surface area contributed by atoms with Crippen LogP contribution in [-0.4, -0.2) is 29.1 Å². The van der Waals surface area contributed by atoms with E-state index in [2.05, 4.69) is 20.3 Å². The van der Waals surface area contributed by atoms with Crippen molar-refractivity contribution in [1.82, 2.24) is 15.0 Å². The van der Waals surface area contributed by atoms with Crippen LogP contribution in [0.1, 0.15) is 0 Å². The lowest BCUT2D eigenvalue weighted by atomic mass is 10.3. The maximum atomic E-state index is 5.81. The summed E-state index contributed by atoms with van der Waals surface area (Å²) in [4.78, 5) is 13.2. The molecule has 0 saturated heterocycles. The second-order valence-electron chi connectivity index (χ2n) is 3.24. The van der Waals surface area contributed by atoms with Crippen LogP contribution in [0.15, 0.2) is 34.3 Å². The number of hydrogen-bond donors (Lipinski definition) is 1. The molecular formula is C11H11ClN4OS. The zero-order valence-corrected chi connectivity index (χ0v) is 11.4. The molecule has 0 fully saturated rings. The van der Waals surface area contributed by atoms with Crippen molar-refractivity contribution >= 4 is 29.3 Å². The molecule has 2 rings (SSSR count). The van der Waals surface area contributed by atoms with E-state index in [9.17, 15) is 0 Å². The highest BCUT2D eigenvalue weighted by Gasteiger charge is 2.06. The van der Waals surface area contributed by atoms with Crippen LogP contribution in [0.4, 0.5) is 5.95 Å². The summed E-state index contributed by atoms with van der Waals surface area (Å²) >= 11 is 7.21. The molecule has 0 aliphatic rings. The number of halogens is 1. The van der Waals surface area contributed by atoms with Crippen molar-refractivity contribution in [2.24, 2.45) is 0 Å². The molecule has 1 heterocycles. The average molecular weight is 283 g/mol. The Hall–Kier alpha value is -1.53. The van der Waals surface area contributed by atoms with Crippen LogP contribution in [0.3, 0.4) is 0 Å². The van der Waals surface area contributed by atoms with Gasteiger partial charge in [-0.3, -0.25) is 0 Å². The molecule has 1 N–H and O–H groups in total. The second-order valence-corrected chi connectivity index (χ2v) is 4.62. The van der Waals surface area contributed by atoms with Gasteiger partial charge in [0.05, 0.1) is 7.11 Å². The SMILES string of the molecule is CNc1nc(Cl)nc(Sc2cccc(OC)c2)n1. The highest BCUT2D eigenvalue weighted by atomic mass is 35.5. The van der Waals surface area contributed by atoms with E-state index < -0.39 is 0 Å². The first-order chi connectivity index (χ1) is 8.71. The van der Waals surface area contributed by atoms with Gasteiger partial charge < -0.3 is 10.1 Å². The van der Waals surface area contributed by atoms with E-state index in [1.165, 1.54) is 11.8 Å². The Morgan fingerprint density at radius 2 is 2.11 bits per heavy atom. The van der Waals surface area contributed by atoms with Crippen molar-refractivity contribution in [2.45, 2.75) is 10.1 Å². The summed E-state index contributed by atoms with van der Waals surface area (Å²) in [5.41, 5.74) is 0. The van der Waals surface area contributed by atoms with Crippen molar-refractivity contribution in [2.75, 3.05) is 19.5 Å². The van der Waals surface area contributed by atoms with Gasteiger partial charge in [-0.15, -0.1) is 0 Å². The maximum absolute atomic E-state index is 5.81. The Morgan fingerprint density at radius 3 is 2.83 bits per heavy atom. The molecule has 0 spiro atoms. The third-order valence-electron chi connectivity index (χ3n) is 2.06. The number of methoxy groups -OCH3 is 1. The molecule has 0 aliphatic carbocycles. The third kappa shape index (κ3) is 3.24. The Kier molecular flexibility index (Phi) is 4.22. The molecule has 1 aromatic heterocycles. The van der Waals surface area contributed by atoms with E-state index >= 15 is 0 Å². The number of ether oxygens (including phenoxy) is 1. The number of nitrogens with one attached hydrogen (secondary N) is 1. The molecule has 0 saturated carbocycles. The number of nitrogens with zero attached hydrogens (tertiary/aromatic N) is 3. The van der Waals surface area contributed by atoms with Crippen molar-refractivity contribution in [3.63, 3.8) is 0 Å². The van der Waals surface area contributed by atoms with Gasteiger partial charge in [0.15, 0.2) is 5.16 Å². The zero-order valence-electron chi connectivity index (χ0n) is 9.85. The zero-order chi connectivity index (χ0) is 13.0. The van der Waals surface area contributed by atoms with Crippen LogP contribution < -0.4 is 10.1 Å². The van der Waals surface area contributed by atoms with Crippen molar-refractivity contribution in [3.8, 4) is 5.75 Å². The summed E-state index contributed by atoms with van der Waals surface area (Å²) in [7, 11) is 3.36. The number of benzene rings is 1. The fourth-order valence-corrected chi connectivity index (χ4v) is 2.27. The molecule has 0 atom stereocenters. The summed E-state index contributed by atoms with van der Waals surface area (Å²) in [6.07, 6.45) is 0. The van der Waals surface area contributed by atoms with Gasteiger partial charge in [0.1, 0.15) is 5.75 Å². The molecule has 0 radical (unpaired) electrons. The number of aromatic nitrogens is 3. The molecule has 94 valence electrons. The largest absolute Gasteiger partial charge is 0.497 e. The first-order valence-electron chi connectivity index (χ1n) is 5.12. The molecule has 0 unspecified atom stereocenters. The second kappa shape index (κ2) is 5.88. The summed E-state index contributed by atoms with van der Waals surface area (Å²) in [6.45, 7) is 0. The Bertz CT molecular complexity index is 552. The van der Waals surface area contributed by atoms with Crippen LogP contribution >= 0.6 is 23.4 Å².